The molecule has 11 nitrogen and oxygen atoms in total. The highest BCUT2D eigenvalue weighted by Gasteiger charge is 2.29. The molecule has 31 heavy (non-hydrogen) atoms. The number of benzene rings is 1. The third-order valence-electron chi connectivity index (χ3n) is 4.75. The lowest BCUT2D eigenvalue weighted by Gasteiger charge is -2.30. The standard InChI is InChI=1S/C19H22N4O7S/c1-3-29-18(24)13-8-10-22(11-9-13)16-12-17(21-19(20-16)23(25)26)30-14-4-6-15(7-5-14)31(2,27)28/h4-7,12-13H,3,8-11H2,1-2H3. The minimum Gasteiger partial charge on any atom is -0.466 e. The number of hydrogen-bond donors (Lipinski definition) is 0. The quantitative estimate of drug-likeness (QED) is 0.350. The van der Waals surface area contributed by atoms with E-state index in [0.717, 1.165) is 6.26 Å². The number of sulfone groups is 1. The van der Waals surface area contributed by atoms with Crippen molar-refractivity contribution in [1.82, 2.24) is 9.97 Å². The van der Waals surface area contributed by atoms with Crippen LogP contribution < -0.4 is 9.64 Å². The molecule has 3 rings (SSSR count). The summed E-state index contributed by atoms with van der Waals surface area (Å²) in [7, 11) is -3.36. The summed E-state index contributed by atoms with van der Waals surface area (Å²) < 4.78 is 33.8. The number of carbonyl (C=O) groups excluding carboxylic acids is 1. The van der Waals surface area contributed by atoms with Gasteiger partial charge in [-0.05, 0) is 58.9 Å². The number of anilines is 1. The Kier molecular flexibility index (Phi) is 6.68. The molecule has 0 aliphatic carbocycles. The molecule has 0 saturated carbocycles. The second kappa shape index (κ2) is 9.25. The lowest BCUT2D eigenvalue weighted by molar-refractivity contribution is -0.394. The van der Waals surface area contributed by atoms with E-state index in [9.17, 15) is 23.3 Å². The van der Waals surface area contributed by atoms with Crippen molar-refractivity contribution in [2.45, 2.75) is 24.7 Å². The lowest BCUT2D eigenvalue weighted by Crippen LogP contribution is -2.37. The monoisotopic (exact) mass is 450 g/mol. The van der Waals surface area contributed by atoms with Crippen LogP contribution in [0.3, 0.4) is 0 Å². The molecule has 2 aromatic rings. The van der Waals surface area contributed by atoms with Crippen molar-refractivity contribution in [2.24, 2.45) is 5.92 Å². The number of nitro groups is 1. The van der Waals surface area contributed by atoms with Gasteiger partial charge >= 0.3 is 17.8 Å². The Morgan fingerprint density at radius 3 is 2.42 bits per heavy atom. The largest absolute Gasteiger partial charge is 0.474 e. The van der Waals surface area contributed by atoms with E-state index in [1.54, 1.807) is 6.92 Å². The van der Waals surface area contributed by atoms with Gasteiger partial charge in [-0.15, -0.1) is 0 Å². The Hall–Kier alpha value is -3.28. The van der Waals surface area contributed by atoms with E-state index in [4.69, 9.17) is 9.47 Å². The average Bonchev–Trinajstić information content (AvgIpc) is 2.73. The van der Waals surface area contributed by atoms with Gasteiger partial charge in [0.2, 0.25) is 5.82 Å². The zero-order valence-corrected chi connectivity index (χ0v) is 17.9. The van der Waals surface area contributed by atoms with Crippen molar-refractivity contribution >= 4 is 27.6 Å². The molecule has 0 radical (unpaired) electrons. The average molecular weight is 450 g/mol. The molecular weight excluding hydrogens is 428 g/mol. The van der Waals surface area contributed by atoms with Gasteiger partial charge in [0.05, 0.1) is 23.5 Å². The number of piperidine rings is 1. The Morgan fingerprint density at radius 1 is 1.23 bits per heavy atom. The molecular formula is C19H22N4O7S. The van der Waals surface area contributed by atoms with Crippen LogP contribution in [0.4, 0.5) is 11.8 Å². The van der Waals surface area contributed by atoms with Crippen molar-refractivity contribution in [2.75, 3.05) is 30.9 Å². The Labute approximate surface area is 179 Å². The SMILES string of the molecule is CCOC(=O)C1CCN(c2cc(Oc3ccc(S(C)(=O)=O)cc3)nc([N+](=O)[O-])n2)CC1. The molecule has 0 atom stereocenters. The molecule has 12 heteroatoms. The molecule has 0 spiro atoms. The highest BCUT2D eigenvalue weighted by molar-refractivity contribution is 7.90. The molecule has 1 saturated heterocycles. The maximum absolute atomic E-state index is 11.9. The highest BCUT2D eigenvalue weighted by atomic mass is 32.2. The van der Waals surface area contributed by atoms with Gasteiger partial charge < -0.3 is 24.5 Å². The van der Waals surface area contributed by atoms with Crippen LogP contribution in [0.15, 0.2) is 35.2 Å². The van der Waals surface area contributed by atoms with E-state index in [1.807, 2.05) is 4.90 Å². The van der Waals surface area contributed by atoms with E-state index in [0.29, 0.717) is 38.4 Å². The van der Waals surface area contributed by atoms with Crippen LogP contribution in [-0.2, 0) is 19.4 Å². The van der Waals surface area contributed by atoms with Gasteiger partial charge in [-0.2, -0.15) is 0 Å². The predicted octanol–water partition coefficient (Wildman–Crippen LogP) is 2.36. The molecule has 166 valence electrons. The normalized spacial score (nSPS) is 14.8. The first-order chi connectivity index (χ1) is 14.7. The van der Waals surface area contributed by atoms with Crippen molar-refractivity contribution in [3.63, 3.8) is 0 Å². The smallest absolute Gasteiger partial charge is 0.466 e. The number of esters is 1. The number of carbonyl (C=O) groups is 1. The zero-order valence-electron chi connectivity index (χ0n) is 17.1. The molecule has 1 aromatic heterocycles. The van der Waals surface area contributed by atoms with Gasteiger partial charge in [0, 0.05) is 19.3 Å². The molecule has 1 aromatic carbocycles. The van der Waals surface area contributed by atoms with Crippen LogP contribution in [0, 0.1) is 16.0 Å². The van der Waals surface area contributed by atoms with E-state index in [1.165, 1.54) is 30.3 Å². The summed E-state index contributed by atoms with van der Waals surface area (Å²) in [5.41, 5.74) is 0. The third-order valence-corrected chi connectivity index (χ3v) is 5.88. The number of nitrogens with zero attached hydrogens (tertiary/aromatic N) is 4. The highest BCUT2D eigenvalue weighted by Crippen LogP contribution is 2.29. The second-order valence-electron chi connectivity index (χ2n) is 6.98. The first kappa shape index (κ1) is 22.4. The van der Waals surface area contributed by atoms with E-state index < -0.39 is 20.7 Å². The number of rotatable bonds is 7. The topological polar surface area (TPSA) is 142 Å². The van der Waals surface area contributed by atoms with Crippen LogP contribution >= 0.6 is 0 Å². The second-order valence-corrected chi connectivity index (χ2v) is 9.00. The van der Waals surface area contributed by atoms with Gasteiger partial charge in [0.15, 0.2) is 9.84 Å². The molecule has 2 heterocycles. The van der Waals surface area contributed by atoms with E-state index in [-0.39, 0.29) is 28.4 Å². The minimum atomic E-state index is -3.36. The summed E-state index contributed by atoms with van der Waals surface area (Å²) in [6, 6.07) is 7.11. The minimum absolute atomic E-state index is 0.0451. The molecule has 0 N–H and O–H groups in total. The zero-order chi connectivity index (χ0) is 22.6. The number of ether oxygens (including phenoxy) is 2. The van der Waals surface area contributed by atoms with Crippen molar-refractivity contribution in [3.05, 3.63) is 40.4 Å². The van der Waals surface area contributed by atoms with E-state index in [2.05, 4.69) is 9.97 Å². The van der Waals surface area contributed by atoms with Crippen LogP contribution in [-0.4, -0.2) is 55.2 Å². The van der Waals surface area contributed by atoms with Crippen LogP contribution in [0.2, 0.25) is 0 Å². The first-order valence-corrected chi connectivity index (χ1v) is 11.5. The van der Waals surface area contributed by atoms with Crippen molar-refractivity contribution < 1.29 is 27.6 Å². The van der Waals surface area contributed by atoms with Crippen LogP contribution in [0.1, 0.15) is 19.8 Å². The summed E-state index contributed by atoms with van der Waals surface area (Å²) in [4.78, 5) is 32.2. The molecule has 1 fully saturated rings. The predicted molar refractivity (Wildman–Crippen MR) is 110 cm³/mol. The molecule has 0 amide bonds. The van der Waals surface area contributed by atoms with Crippen LogP contribution in [0.25, 0.3) is 0 Å². The lowest BCUT2D eigenvalue weighted by atomic mass is 9.97. The molecule has 1 aliphatic rings. The fourth-order valence-corrected chi connectivity index (χ4v) is 3.81. The summed E-state index contributed by atoms with van der Waals surface area (Å²) in [6.45, 7) is 3.02. The summed E-state index contributed by atoms with van der Waals surface area (Å²) >= 11 is 0. The fraction of sp³-hybridized carbons (Fsp3) is 0.421. The molecule has 0 unspecified atom stereocenters. The first-order valence-electron chi connectivity index (χ1n) is 9.60. The summed E-state index contributed by atoms with van der Waals surface area (Å²) in [5.74, 6) is -0.530. The summed E-state index contributed by atoms with van der Waals surface area (Å²) in [5, 5.41) is 11.3. The van der Waals surface area contributed by atoms with Gasteiger partial charge in [-0.3, -0.25) is 4.79 Å². The van der Waals surface area contributed by atoms with Gasteiger partial charge in [-0.25, -0.2) is 8.42 Å². The van der Waals surface area contributed by atoms with Crippen molar-refractivity contribution in [3.8, 4) is 11.6 Å². The Morgan fingerprint density at radius 2 is 1.87 bits per heavy atom. The fourth-order valence-electron chi connectivity index (χ4n) is 3.18. The molecule has 0 bridgehead atoms. The molecule has 1 aliphatic heterocycles. The Bertz CT molecular complexity index is 1070. The van der Waals surface area contributed by atoms with Gasteiger partial charge in [0.1, 0.15) is 5.75 Å². The number of hydrogen-bond acceptors (Lipinski definition) is 10. The number of aromatic nitrogens is 2. The van der Waals surface area contributed by atoms with Crippen molar-refractivity contribution in [1.29, 1.82) is 0 Å². The maximum Gasteiger partial charge on any atom is 0.474 e. The third kappa shape index (κ3) is 5.66. The van der Waals surface area contributed by atoms with E-state index >= 15 is 0 Å². The Balaban J connectivity index is 1.79. The van der Waals surface area contributed by atoms with Gasteiger partial charge in [0.25, 0.3) is 0 Å². The van der Waals surface area contributed by atoms with Crippen LogP contribution in [0.5, 0.6) is 11.6 Å². The maximum atomic E-state index is 11.9. The summed E-state index contributed by atoms with van der Waals surface area (Å²) in [6.07, 6.45) is 2.17. The van der Waals surface area contributed by atoms with Gasteiger partial charge in [-0.1, -0.05) is 0 Å².